The van der Waals surface area contributed by atoms with E-state index in [-0.39, 0.29) is 38.6 Å². The van der Waals surface area contributed by atoms with E-state index in [4.69, 9.17) is 24.3 Å². The summed E-state index contributed by atoms with van der Waals surface area (Å²) in [6.07, 6.45) is 84.9. The number of hydrogen-bond donors (Lipinski definition) is 2. The van der Waals surface area contributed by atoms with Crippen LogP contribution in [-0.4, -0.2) is 49.3 Å². The molecule has 83 heavy (non-hydrogen) atoms. The maximum Gasteiger partial charge on any atom is 0.472 e. The average Bonchev–Trinajstić information content (AvgIpc) is 3.49. The Morgan fingerprint density at radius 1 is 0.349 bits per heavy atom. The van der Waals surface area contributed by atoms with Crippen molar-refractivity contribution in [3.8, 4) is 0 Å². The van der Waals surface area contributed by atoms with E-state index in [1.807, 2.05) is 0 Å². The standard InChI is InChI=1S/C73H144NO8P/c1-3-5-7-9-11-13-15-17-19-21-23-25-26-27-28-29-30-31-32-33-34-35-36-37-38-39-40-41-42-43-44-46-47-49-51-53-55-57-59-61-63-65-72(75)79-69-71(70-81-83(77,78)80-68-67-74)82-73(76)66-64-62-60-58-56-54-52-50-48-45-24-22-20-18-16-14-12-10-8-6-4-2/h22,24,71H,3-21,23,25-70,74H2,1-2H3,(H,77,78)/b24-22-. The molecular formula is C73H144NO8P. The van der Waals surface area contributed by atoms with Crippen LogP contribution >= 0.6 is 7.82 Å². The fraction of sp³-hybridized carbons (Fsp3) is 0.945. The van der Waals surface area contributed by atoms with Gasteiger partial charge in [0.2, 0.25) is 0 Å². The van der Waals surface area contributed by atoms with Crippen LogP contribution in [0.25, 0.3) is 0 Å². The summed E-state index contributed by atoms with van der Waals surface area (Å²) < 4.78 is 33.2. The molecule has 0 aliphatic rings. The molecule has 0 aromatic rings. The number of hydrogen-bond acceptors (Lipinski definition) is 8. The Kier molecular flexibility index (Phi) is 68.8. The van der Waals surface area contributed by atoms with E-state index in [0.29, 0.717) is 6.42 Å². The predicted octanol–water partition coefficient (Wildman–Crippen LogP) is 24.3. The van der Waals surface area contributed by atoms with Crippen LogP contribution in [0.1, 0.15) is 412 Å². The summed E-state index contributed by atoms with van der Waals surface area (Å²) in [7, 11) is -4.39. The van der Waals surface area contributed by atoms with E-state index in [0.717, 1.165) is 38.5 Å². The Balaban J connectivity index is 3.70. The molecule has 0 aliphatic heterocycles. The minimum atomic E-state index is -4.39. The van der Waals surface area contributed by atoms with Crippen LogP contribution in [0.2, 0.25) is 0 Å². The van der Waals surface area contributed by atoms with Gasteiger partial charge in [0.1, 0.15) is 6.61 Å². The number of unbranched alkanes of at least 4 members (excludes halogenated alkanes) is 57. The highest BCUT2D eigenvalue weighted by molar-refractivity contribution is 7.47. The van der Waals surface area contributed by atoms with E-state index >= 15 is 0 Å². The molecule has 2 unspecified atom stereocenters. The minimum absolute atomic E-state index is 0.0566. The lowest BCUT2D eigenvalue weighted by molar-refractivity contribution is -0.161. The van der Waals surface area contributed by atoms with Gasteiger partial charge in [-0.2, -0.15) is 0 Å². The molecule has 0 rings (SSSR count). The first kappa shape index (κ1) is 81.8. The third-order valence-electron chi connectivity index (χ3n) is 17.2. The molecule has 0 aromatic heterocycles. The Hall–Kier alpha value is -1.25. The molecule has 0 fully saturated rings. The van der Waals surface area contributed by atoms with Gasteiger partial charge in [0, 0.05) is 19.4 Å². The monoisotopic (exact) mass is 1190 g/mol. The van der Waals surface area contributed by atoms with Crippen molar-refractivity contribution in [2.24, 2.45) is 5.73 Å². The third-order valence-corrected chi connectivity index (χ3v) is 18.1. The number of carbonyl (C=O) groups excluding carboxylic acids is 2. The molecule has 494 valence electrons. The predicted molar refractivity (Wildman–Crippen MR) is 358 cm³/mol. The molecule has 0 saturated heterocycles. The molecule has 0 heterocycles. The second-order valence-electron chi connectivity index (χ2n) is 25.5. The quantitative estimate of drug-likeness (QED) is 0.0264. The average molecular weight is 1190 g/mol. The fourth-order valence-corrected chi connectivity index (χ4v) is 12.4. The van der Waals surface area contributed by atoms with E-state index in [1.165, 1.54) is 340 Å². The molecule has 0 aromatic carbocycles. The summed E-state index contributed by atoms with van der Waals surface area (Å²) in [5.41, 5.74) is 5.40. The summed E-state index contributed by atoms with van der Waals surface area (Å²) in [4.78, 5) is 35.3. The first-order valence-electron chi connectivity index (χ1n) is 37.2. The van der Waals surface area contributed by atoms with Gasteiger partial charge in [-0.05, 0) is 38.5 Å². The highest BCUT2D eigenvalue weighted by Gasteiger charge is 2.26. The van der Waals surface area contributed by atoms with Gasteiger partial charge in [-0.25, -0.2) is 4.57 Å². The maximum atomic E-state index is 12.7. The molecule has 0 aliphatic carbocycles. The van der Waals surface area contributed by atoms with Crippen LogP contribution in [0.4, 0.5) is 0 Å². The topological polar surface area (TPSA) is 134 Å². The number of carbonyl (C=O) groups is 2. The number of ether oxygens (including phenoxy) is 2. The summed E-state index contributed by atoms with van der Waals surface area (Å²) in [5, 5.41) is 0. The van der Waals surface area contributed by atoms with Crippen molar-refractivity contribution in [2.45, 2.75) is 418 Å². The number of phosphoric ester groups is 1. The largest absolute Gasteiger partial charge is 0.472 e. The lowest BCUT2D eigenvalue weighted by atomic mass is 10.0. The van der Waals surface area contributed by atoms with Gasteiger partial charge < -0.3 is 20.1 Å². The maximum absolute atomic E-state index is 12.7. The molecule has 0 bridgehead atoms. The zero-order valence-electron chi connectivity index (χ0n) is 55.7. The lowest BCUT2D eigenvalue weighted by Crippen LogP contribution is -2.29. The number of rotatable bonds is 72. The van der Waals surface area contributed by atoms with Gasteiger partial charge in [-0.15, -0.1) is 0 Å². The summed E-state index contributed by atoms with van der Waals surface area (Å²) in [6, 6.07) is 0. The van der Waals surface area contributed by atoms with Crippen molar-refractivity contribution in [2.75, 3.05) is 26.4 Å². The SMILES string of the molecule is CCCCCCCCCC/C=C\CCCCCCCCCCCC(=O)OC(COC(=O)CCCCCCCCCCCCCCCCCCCCCCCCCCCCCCCCCCCCCCCCCCC)COP(=O)(O)OCCN. The van der Waals surface area contributed by atoms with Crippen LogP contribution in [0.15, 0.2) is 12.2 Å². The Labute approximate surface area is 517 Å². The van der Waals surface area contributed by atoms with Crippen molar-refractivity contribution in [3.63, 3.8) is 0 Å². The van der Waals surface area contributed by atoms with Crippen molar-refractivity contribution in [1.82, 2.24) is 0 Å². The Bertz CT molecular complexity index is 1360. The zero-order chi connectivity index (χ0) is 60.1. The van der Waals surface area contributed by atoms with Crippen LogP contribution in [-0.2, 0) is 32.7 Å². The van der Waals surface area contributed by atoms with E-state index in [2.05, 4.69) is 26.0 Å². The fourth-order valence-electron chi connectivity index (χ4n) is 11.6. The number of phosphoric acid groups is 1. The molecule has 3 N–H and O–H groups in total. The first-order valence-corrected chi connectivity index (χ1v) is 38.7. The third kappa shape index (κ3) is 69.7. The summed E-state index contributed by atoms with van der Waals surface area (Å²) in [6.45, 7) is 3.83. The van der Waals surface area contributed by atoms with Gasteiger partial charge in [0.15, 0.2) is 6.10 Å². The van der Waals surface area contributed by atoms with Crippen molar-refractivity contribution in [1.29, 1.82) is 0 Å². The second-order valence-corrected chi connectivity index (χ2v) is 27.0. The number of esters is 2. The summed E-state index contributed by atoms with van der Waals surface area (Å²) in [5.74, 6) is -0.806. The van der Waals surface area contributed by atoms with Crippen molar-refractivity contribution in [3.05, 3.63) is 12.2 Å². The van der Waals surface area contributed by atoms with Gasteiger partial charge in [-0.1, -0.05) is 373 Å². The normalized spacial score (nSPS) is 12.9. The van der Waals surface area contributed by atoms with E-state index < -0.39 is 26.5 Å². The Morgan fingerprint density at radius 2 is 0.590 bits per heavy atom. The van der Waals surface area contributed by atoms with Crippen LogP contribution in [0.5, 0.6) is 0 Å². The molecule has 0 saturated carbocycles. The molecule has 10 heteroatoms. The smallest absolute Gasteiger partial charge is 0.462 e. The van der Waals surface area contributed by atoms with Crippen LogP contribution in [0, 0.1) is 0 Å². The van der Waals surface area contributed by atoms with Gasteiger partial charge in [0.05, 0.1) is 13.2 Å². The summed E-state index contributed by atoms with van der Waals surface area (Å²) >= 11 is 0. The lowest BCUT2D eigenvalue weighted by Gasteiger charge is -2.19. The highest BCUT2D eigenvalue weighted by Crippen LogP contribution is 2.43. The number of allylic oxidation sites excluding steroid dienone is 2. The van der Waals surface area contributed by atoms with Gasteiger partial charge in [-0.3, -0.25) is 18.6 Å². The number of nitrogens with two attached hydrogens (primary N) is 1. The second kappa shape index (κ2) is 69.8. The molecule has 0 spiro atoms. The zero-order valence-corrected chi connectivity index (χ0v) is 56.6. The molecule has 0 amide bonds. The van der Waals surface area contributed by atoms with Gasteiger partial charge in [0.25, 0.3) is 0 Å². The van der Waals surface area contributed by atoms with Crippen LogP contribution < -0.4 is 5.73 Å². The van der Waals surface area contributed by atoms with E-state index in [9.17, 15) is 19.0 Å². The van der Waals surface area contributed by atoms with Gasteiger partial charge >= 0.3 is 19.8 Å². The van der Waals surface area contributed by atoms with E-state index in [1.54, 1.807) is 0 Å². The van der Waals surface area contributed by atoms with Crippen molar-refractivity contribution < 1.29 is 37.6 Å². The minimum Gasteiger partial charge on any atom is -0.462 e. The first-order chi connectivity index (χ1) is 40.8. The molecule has 2 atom stereocenters. The molecular weight excluding hydrogens is 1050 g/mol. The Morgan fingerprint density at radius 3 is 0.855 bits per heavy atom. The molecule has 0 radical (unpaired) electrons. The van der Waals surface area contributed by atoms with Crippen molar-refractivity contribution >= 4 is 19.8 Å². The highest BCUT2D eigenvalue weighted by atomic mass is 31.2. The van der Waals surface area contributed by atoms with Crippen LogP contribution in [0.3, 0.4) is 0 Å². The molecule has 9 nitrogen and oxygen atoms in total.